The van der Waals surface area contributed by atoms with Crippen LogP contribution in [0.25, 0.3) is 0 Å². The van der Waals surface area contributed by atoms with Crippen molar-refractivity contribution in [2.24, 2.45) is 9.98 Å². The van der Waals surface area contributed by atoms with Gasteiger partial charge in [0, 0.05) is 17.9 Å². The predicted octanol–water partition coefficient (Wildman–Crippen LogP) is 6.14. The summed E-state index contributed by atoms with van der Waals surface area (Å²) in [5.74, 6) is 0.962. The van der Waals surface area contributed by atoms with E-state index in [0.717, 1.165) is 38.6 Å². The molecule has 3 nitrogen and oxygen atoms in total. The molecule has 0 unspecified atom stereocenters. The van der Waals surface area contributed by atoms with Gasteiger partial charge in [-0.05, 0) is 45.8 Å². The Hall–Kier alpha value is -2.72. The molecule has 0 radical (unpaired) electrons. The number of amidine groups is 1. The minimum absolute atomic E-state index is 0.663. The van der Waals surface area contributed by atoms with E-state index in [1.165, 1.54) is 0 Å². The summed E-state index contributed by atoms with van der Waals surface area (Å²) in [6.07, 6.45) is 0.663. The van der Waals surface area contributed by atoms with Crippen LogP contribution in [-0.4, -0.2) is 18.6 Å². The molecule has 1 aliphatic heterocycles. The Bertz CT molecular complexity index is 993. The second-order valence-corrected chi connectivity index (χ2v) is 6.98. The molecule has 0 spiro atoms. The first-order chi connectivity index (χ1) is 12.7. The summed E-state index contributed by atoms with van der Waals surface area (Å²) < 4.78 is 1.04. The standard InChI is InChI=1S/C22H18BrN3/c1-26(21-14-8-5-11-17(21)23)22-15-20(16-9-3-2-4-10-16)24-18-12-6-7-13-19(18)25-22/h2-14H,15H2,1H3. The van der Waals surface area contributed by atoms with Gasteiger partial charge in [-0.1, -0.05) is 54.6 Å². The summed E-state index contributed by atoms with van der Waals surface area (Å²) in [5, 5.41) is 0. The molecular weight excluding hydrogens is 386 g/mol. The van der Waals surface area contributed by atoms with Gasteiger partial charge < -0.3 is 4.90 Å². The molecule has 0 aliphatic carbocycles. The Morgan fingerprint density at radius 1 is 0.769 bits per heavy atom. The monoisotopic (exact) mass is 403 g/mol. The van der Waals surface area contributed by atoms with Crippen LogP contribution in [0.1, 0.15) is 12.0 Å². The van der Waals surface area contributed by atoms with E-state index in [1.54, 1.807) is 0 Å². The van der Waals surface area contributed by atoms with Crippen LogP contribution in [0.2, 0.25) is 0 Å². The Balaban J connectivity index is 1.82. The largest absolute Gasteiger partial charge is 0.332 e. The van der Waals surface area contributed by atoms with Crippen molar-refractivity contribution in [2.45, 2.75) is 6.42 Å². The summed E-state index contributed by atoms with van der Waals surface area (Å²) in [5.41, 5.74) is 5.03. The van der Waals surface area contributed by atoms with E-state index in [1.807, 2.05) is 60.7 Å². The van der Waals surface area contributed by atoms with Crippen LogP contribution < -0.4 is 4.90 Å². The molecule has 128 valence electrons. The van der Waals surface area contributed by atoms with Crippen LogP contribution in [0.4, 0.5) is 17.1 Å². The molecule has 0 aromatic heterocycles. The van der Waals surface area contributed by atoms with Crippen molar-refractivity contribution in [3.63, 3.8) is 0 Å². The highest BCUT2D eigenvalue weighted by Gasteiger charge is 2.19. The van der Waals surface area contributed by atoms with Crippen molar-refractivity contribution < 1.29 is 0 Å². The first-order valence-corrected chi connectivity index (χ1v) is 9.29. The molecule has 1 aliphatic rings. The Labute approximate surface area is 161 Å². The van der Waals surface area contributed by atoms with E-state index in [2.05, 4.69) is 46.1 Å². The molecular formula is C22H18BrN3. The number of fused-ring (bicyclic) bond motifs is 1. The minimum atomic E-state index is 0.663. The van der Waals surface area contributed by atoms with E-state index >= 15 is 0 Å². The van der Waals surface area contributed by atoms with Gasteiger partial charge in [-0.2, -0.15) is 0 Å². The van der Waals surface area contributed by atoms with E-state index in [9.17, 15) is 0 Å². The van der Waals surface area contributed by atoms with Gasteiger partial charge in [-0.3, -0.25) is 4.99 Å². The number of rotatable bonds is 2. The van der Waals surface area contributed by atoms with E-state index in [4.69, 9.17) is 9.98 Å². The topological polar surface area (TPSA) is 28.0 Å². The molecule has 4 heteroatoms. The lowest BCUT2D eigenvalue weighted by Gasteiger charge is -2.22. The number of nitrogens with zero attached hydrogens (tertiary/aromatic N) is 3. The highest BCUT2D eigenvalue weighted by atomic mass is 79.9. The number of para-hydroxylation sites is 3. The molecule has 4 rings (SSSR count). The van der Waals surface area contributed by atoms with Crippen molar-refractivity contribution in [2.75, 3.05) is 11.9 Å². The highest BCUT2D eigenvalue weighted by molar-refractivity contribution is 9.10. The van der Waals surface area contributed by atoms with Gasteiger partial charge in [0.05, 0.1) is 22.8 Å². The van der Waals surface area contributed by atoms with Gasteiger partial charge in [0.1, 0.15) is 5.84 Å². The average Bonchev–Trinajstić information content (AvgIpc) is 2.88. The fourth-order valence-electron chi connectivity index (χ4n) is 3.02. The number of hydrogen-bond donors (Lipinski definition) is 0. The van der Waals surface area contributed by atoms with Crippen LogP contribution >= 0.6 is 15.9 Å². The molecule has 3 aromatic rings. The summed E-state index contributed by atoms with van der Waals surface area (Å²) in [6, 6.07) is 26.5. The molecule has 0 amide bonds. The zero-order valence-electron chi connectivity index (χ0n) is 14.4. The molecule has 0 saturated carbocycles. The van der Waals surface area contributed by atoms with Gasteiger partial charge in [0.2, 0.25) is 0 Å². The maximum atomic E-state index is 4.94. The molecule has 1 heterocycles. The average molecular weight is 404 g/mol. The molecule has 0 N–H and O–H groups in total. The van der Waals surface area contributed by atoms with Crippen LogP contribution in [0.3, 0.4) is 0 Å². The smallest absolute Gasteiger partial charge is 0.115 e. The fraction of sp³-hybridized carbons (Fsp3) is 0.0909. The van der Waals surface area contributed by atoms with Crippen LogP contribution in [0.5, 0.6) is 0 Å². The lowest BCUT2D eigenvalue weighted by Crippen LogP contribution is -2.28. The number of halogens is 1. The quantitative estimate of drug-likeness (QED) is 0.504. The third kappa shape index (κ3) is 3.33. The zero-order valence-corrected chi connectivity index (χ0v) is 16.0. The third-order valence-electron chi connectivity index (χ3n) is 4.42. The van der Waals surface area contributed by atoms with Crippen LogP contribution in [0.15, 0.2) is 93.3 Å². The maximum absolute atomic E-state index is 4.94. The lowest BCUT2D eigenvalue weighted by atomic mass is 10.1. The van der Waals surface area contributed by atoms with Gasteiger partial charge in [0.15, 0.2) is 0 Å². The lowest BCUT2D eigenvalue weighted by molar-refractivity contribution is 1.20. The van der Waals surface area contributed by atoms with Crippen molar-refractivity contribution in [1.82, 2.24) is 0 Å². The molecule has 26 heavy (non-hydrogen) atoms. The first kappa shape index (κ1) is 16.7. The normalized spacial score (nSPS) is 13.3. The number of benzene rings is 3. The summed E-state index contributed by atoms with van der Waals surface area (Å²) in [7, 11) is 2.05. The van der Waals surface area contributed by atoms with Gasteiger partial charge in [0.25, 0.3) is 0 Å². The zero-order chi connectivity index (χ0) is 17.9. The number of aliphatic imine (C=N–C) groups is 2. The summed E-state index contributed by atoms with van der Waals surface area (Å²) in [6.45, 7) is 0. The second kappa shape index (κ2) is 7.26. The van der Waals surface area contributed by atoms with Crippen molar-refractivity contribution >= 4 is 44.5 Å². The van der Waals surface area contributed by atoms with E-state index in [0.29, 0.717) is 6.42 Å². The fourth-order valence-corrected chi connectivity index (χ4v) is 3.57. The highest BCUT2D eigenvalue weighted by Crippen LogP contribution is 2.33. The number of anilines is 1. The molecule has 0 bridgehead atoms. The van der Waals surface area contributed by atoms with Crippen molar-refractivity contribution in [3.8, 4) is 0 Å². The molecule has 0 fully saturated rings. The van der Waals surface area contributed by atoms with Crippen LogP contribution in [0, 0.1) is 0 Å². The summed E-state index contributed by atoms with van der Waals surface area (Å²) in [4.78, 5) is 12.0. The van der Waals surface area contributed by atoms with Gasteiger partial charge >= 0.3 is 0 Å². The maximum Gasteiger partial charge on any atom is 0.115 e. The van der Waals surface area contributed by atoms with Crippen molar-refractivity contribution in [1.29, 1.82) is 0 Å². The first-order valence-electron chi connectivity index (χ1n) is 8.50. The minimum Gasteiger partial charge on any atom is -0.332 e. The second-order valence-electron chi connectivity index (χ2n) is 6.13. The van der Waals surface area contributed by atoms with Crippen molar-refractivity contribution in [3.05, 3.63) is 88.9 Å². The molecule has 0 saturated heterocycles. The molecule has 0 atom stereocenters. The molecule has 3 aromatic carbocycles. The third-order valence-corrected chi connectivity index (χ3v) is 5.09. The SMILES string of the molecule is CN(C1=Nc2ccccc2N=C(c2ccccc2)C1)c1ccccc1Br. The Morgan fingerprint density at radius 2 is 1.38 bits per heavy atom. The van der Waals surface area contributed by atoms with Crippen LogP contribution in [-0.2, 0) is 0 Å². The Kier molecular flexibility index (Phi) is 4.67. The van der Waals surface area contributed by atoms with E-state index < -0.39 is 0 Å². The number of hydrogen-bond acceptors (Lipinski definition) is 3. The van der Waals surface area contributed by atoms with Gasteiger partial charge in [-0.25, -0.2) is 4.99 Å². The summed E-state index contributed by atoms with van der Waals surface area (Å²) >= 11 is 3.65. The predicted molar refractivity (Wildman–Crippen MR) is 113 cm³/mol. The Morgan fingerprint density at radius 3 is 2.12 bits per heavy atom. The van der Waals surface area contributed by atoms with Gasteiger partial charge in [-0.15, -0.1) is 0 Å². The van der Waals surface area contributed by atoms with E-state index in [-0.39, 0.29) is 0 Å².